The van der Waals surface area contributed by atoms with Crippen LogP contribution in [-0.4, -0.2) is 12.1 Å². The van der Waals surface area contributed by atoms with Crippen molar-refractivity contribution in [1.82, 2.24) is 5.43 Å². The zero-order valence-corrected chi connectivity index (χ0v) is 21.1. The normalized spacial score (nSPS) is 10.9. The quantitative estimate of drug-likeness (QED) is 0.232. The van der Waals surface area contributed by atoms with Crippen molar-refractivity contribution in [3.8, 4) is 5.75 Å². The maximum atomic E-state index is 12.0. The van der Waals surface area contributed by atoms with Gasteiger partial charge in [-0.15, -0.1) is 0 Å². The Bertz CT molecular complexity index is 1030. The summed E-state index contributed by atoms with van der Waals surface area (Å²) in [5.41, 5.74) is 5.26. The van der Waals surface area contributed by atoms with E-state index in [1.807, 2.05) is 48.5 Å². The highest BCUT2D eigenvalue weighted by atomic mass is 79.9. The Balaban J connectivity index is 1.57. The van der Waals surface area contributed by atoms with Crippen molar-refractivity contribution in [2.24, 2.45) is 5.10 Å². The van der Waals surface area contributed by atoms with Crippen LogP contribution in [0.4, 0.5) is 0 Å². The molecular formula is C22H16Br3ClN2O2. The molecule has 8 heteroatoms. The number of hydrogen-bond acceptors (Lipinski definition) is 3. The van der Waals surface area contributed by atoms with Gasteiger partial charge in [-0.1, -0.05) is 51.8 Å². The van der Waals surface area contributed by atoms with Crippen molar-refractivity contribution in [3.05, 3.63) is 95.8 Å². The highest BCUT2D eigenvalue weighted by molar-refractivity contribution is 9.11. The number of hydrazone groups is 1. The monoisotopic (exact) mass is 612 g/mol. The zero-order chi connectivity index (χ0) is 21.5. The molecule has 0 aromatic heterocycles. The minimum absolute atomic E-state index is 0.207. The van der Waals surface area contributed by atoms with E-state index < -0.39 is 0 Å². The average molecular weight is 616 g/mol. The Labute approximate surface area is 205 Å². The first-order chi connectivity index (χ1) is 14.4. The molecule has 30 heavy (non-hydrogen) atoms. The predicted octanol–water partition coefficient (Wildman–Crippen LogP) is 6.90. The predicted molar refractivity (Wildman–Crippen MR) is 131 cm³/mol. The fourth-order valence-electron chi connectivity index (χ4n) is 2.53. The Kier molecular flexibility index (Phi) is 8.50. The molecule has 0 spiro atoms. The number of amides is 1. The Morgan fingerprint density at radius 1 is 0.967 bits per heavy atom. The van der Waals surface area contributed by atoms with Crippen LogP contribution in [0.5, 0.6) is 5.75 Å². The van der Waals surface area contributed by atoms with E-state index in [1.165, 1.54) is 0 Å². The molecule has 0 heterocycles. The lowest BCUT2D eigenvalue weighted by atomic mass is 10.1. The van der Waals surface area contributed by atoms with Crippen LogP contribution >= 0.6 is 59.4 Å². The number of carbonyl (C=O) groups is 1. The van der Waals surface area contributed by atoms with Crippen molar-refractivity contribution in [1.29, 1.82) is 0 Å². The first-order valence-corrected chi connectivity index (χ1v) is 11.6. The molecule has 0 unspecified atom stereocenters. The van der Waals surface area contributed by atoms with Crippen LogP contribution in [0, 0.1) is 0 Å². The molecule has 0 aliphatic rings. The molecule has 3 rings (SSSR count). The fourth-order valence-corrected chi connectivity index (χ4v) is 4.38. The first-order valence-electron chi connectivity index (χ1n) is 8.83. The van der Waals surface area contributed by atoms with Crippen LogP contribution < -0.4 is 10.2 Å². The summed E-state index contributed by atoms with van der Waals surface area (Å²) in [5, 5.41) is 4.67. The van der Waals surface area contributed by atoms with E-state index in [1.54, 1.807) is 18.3 Å². The lowest BCUT2D eigenvalue weighted by Gasteiger charge is -2.11. The Morgan fingerprint density at radius 3 is 2.20 bits per heavy atom. The van der Waals surface area contributed by atoms with Gasteiger partial charge < -0.3 is 4.74 Å². The SMILES string of the molecule is O=C(Cc1ccc(Cl)cc1)N/N=C\c1cc(Br)c(OCc2ccc(Br)cc2)c(Br)c1. The van der Waals surface area contributed by atoms with Gasteiger partial charge in [0.15, 0.2) is 0 Å². The van der Waals surface area contributed by atoms with Crippen LogP contribution in [0.2, 0.25) is 5.02 Å². The summed E-state index contributed by atoms with van der Waals surface area (Å²) in [5.74, 6) is 0.489. The van der Waals surface area contributed by atoms with Crippen molar-refractivity contribution < 1.29 is 9.53 Å². The van der Waals surface area contributed by atoms with Crippen LogP contribution in [0.1, 0.15) is 16.7 Å². The smallest absolute Gasteiger partial charge is 0.244 e. The Hall–Kier alpha value is -1.67. The van der Waals surface area contributed by atoms with Gasteiger partial charge in [0.25, 0.3) is 0 Å². The third-order valence-electron chi connectivity index (χ3n) is 4.00. The molecule has 3 aromatic rings. The molecular weight excluding hydrogens is 599 g/mol. The number of hydrogen-bond donors (Lipinski definition) is 1. The summed E-state index contributed by atoms with van der Waals surface area (Å²) in [4.78, 5) is 12.0. The molecule has 0 fully saturated rings. The summed E-state index contributed by atoms with van der Waals surface area (Å²) >= 11 is 16.3. The number of halogens is 4. The van der Waals surface area contributed by atoms with E-state index in [0.29, 0.717) is 17.4 Å². The molecule has 0 bridgehead atoms. The highest BCUT2D eigenvalue weighted by Gasteiger charge is 2.09. The second-order valence-electron chi connectivity index (χ2n) is 6.33. The minimum Gasteiger partial charge on any atom is -0.487 e. The van der Waals surface area contributed by atoms with E-state index in [0.717, 1.165) is 30.1 Å². The second kappa shape index (κ2) is 11.1. The molecule has 154 valence electrons. The van der Waals surface area contributed by atoms with Crippen LogP contribution in [-0.2, 0) is 17.8 Å². The summed E-state index contributed by atoms with van der Waals surface area (Å²) in [6.45, 7) is 0.443. The third-order valence-corrected chi connectivity index (χ3v) is 5.96. The minimum atomic E-state index is -0.207. The van der Waals surface area contributed by atoms with Crippen molar-refractivity contribution >= 4 is 71.5 Å². The first kappa shape index (κ1) is 23.0. The molecule has 0 aliphatic heterocycles. The molecule has 4 nitrogen and oxygen atoms in total. The highest BCUT2D eigenvalue weighted by Crippen LogP contribution is 2.35. The topological polar surface area (TPSA) is 50.7 Å². The molecule has 3 aromatic carbocycles. The third kappa shape index (κ3) is 6.94. The maximum Gasteiger partial charge on any atom is 0.244 e. The number of nitrogens with one attached hydrogen (secondary N) is 1. The number of carbonyl (C=O) groups excluding carboxylic acids is 1. The van der Waals surface area contributed by atoms with Gasteiger partial charge in [0.1, 0.15) is 12.4 Å². The van der Waals surface area contributed by atoms with Gasteiger partial charge in [-0.2, -0.15) is 5.10 Å². The molecule has 0 saturated heterocycles. The lowest BCUT2D eigenvalue weighted by Crippen LogP contribution is -2.19. The molecule has 0 radical (unpaired) electrons. The molecule has 1 N–H and O–H groups in total. The largest absolute Gasteiger partial charge is 0.487 e. The van der Waals surface area contributed by atoms with E-state index in [9.17, 15) is 4.79 Å². The van der Waals surface area contributed by atoms with Crippen molar-refractivity contribution in [3.63, 3.8) is 0 Å². The average Bonchev–Trinajstić information content (AvgIpc) is 2.70. The lowest BCUT2D eigenvalue weighted by molar-refractivity contribution is -0.120. The maximum absolute atomic E-state index is 12.0. The van der Waals surface area contributed by atoms with Gasteiger partial charge in [0.05, 0.1) is 21.6 Å². The molecule has 0 atom stereocenters. The van der Waals surface area contributed by atoms with Gasteiger partial charge in [0.2, 0.25) is 5.91 Å². The van der Waals surface area contributed by atoms with Crippen LogP contribution in [0.25, 0.3) is 0 Å². The summed E-state index contributed by atoms with van der Waals surface area (Å²) < 4.78 is 8.52. The number of ether oxygens (including phenoxy) is 1. The van der Waals surface area contributed by atoms with Crippen LogP contribution in [0.3, 0.4) is 0 Å². The Morgan fingerprint density at radius 2 is 1.57 bits per heavy atom. The molecule has 1 amide bonds. The van der Waals surface area contributed by atoms with Crippen LogP contribution in [0.15, 0.2) is 79.2 Å². The van der Waals surface area contributed by atoms with Crippen molar-refractivity contribution in [2.75, 3.05) is 0 Å². The number of nitrogens with zero attached hydrogens (tertiary/aromatic N) is 1. The molecule has 0 aliphatic carbocycles. The fraction of sp³-hybridized carbons (Fsp3) is 0.0909. The van der Waals surface area contributed by atoms with E-state index in [2.05, 4.69) is 58.3 Å². The van der Waals surface area contributed by atoms with E-state index >= 15 is 0 Å². The van der Waals surface area contributed by atoms with Gasteiger partial charge >= 0.3 is 0 Å². The van der Waals surface area contributed by atoms with Gasteiger partial charge in [0, 0.05) is 9.50 Å². The second-order valence-corrected chi connectivity index (χ2v) is 9.39. The van der Waals surface area contributed by atoms with Gasteiger partial charge in [-0.3, -0.25) is 4.79 Å². The molecule has 0 saturated carbocycles. The standard InChI is InChI=1S/C22H16Br3ClN2O2/c23-17-5-1-15(2-6-17)13-30-22-19(24)9-16(10-20(22)25)12-27-28-21(29)11-14-3-7-18(26)8-4-14/h1-10,12H,11,13H2,(H,28,29)/b27-12-. The zero-order valence-electron chi connectivity index (χ0n) is 15.5. The summed E-state index contributed by atoms with van der Waals surface area (Å²) in [7, 11) is 0. The summed E-state index contributed by atoms with van der Waals surface area (Å²) in [6.07, 6.45) is 1.80. The summed E-state index contributed by atoms with van der Waals surface area (Å²) in [6, 6.07) is 18.8. The number of benzene rings is 3. The van der Waals surface area contributed by atoms with Gasteiger partial charge in [-0.05, 0) is 84.9 Å². The van der Waals surface area contributed by atoms with E-state index in [4.69, 9.17) is 16.3 Å². The number of rotatable bonds is 7. The van der Waals surface area contributed by atoms with Crippen molar-refractivity contribution in [2.45, 2.75) is 13.0 Å². The van der Waals surface area contributed by atoms with Gasteiger partial charge in [-0.25, -0.2) is 5.43 Å². The van der Waals surface area contributed by atoms with E-state index in [-0.39, 0.29) is 12.3 Å².